The van der Waals surface area contributed by atoms with Crippen molar-refractivity contribution >= 4 is 29.6 Å². The van der Waals surface area contributed by atoms with Gasteiger partial charge in [-0.1, -0.05) is 72.3 Å². The average Bonchev–Trinajstić information content (AvgIpc) is 3.01. The van der Waals surface area contributed by atoms with Crippen LogP contribution in [-0.4, -0.2) is 72.1 Å². The smallest absolute Gasteiger partial charge is 0.328 e. The third-order valence-electron chi connectivity index (χ3n) is 6.50. The topological polar surface area (TPSA) is 53.1 Å². The van der Waals surface area contributed by atoms with Crippen LogP contribution in [0.5, 0.6) is 0 Å². The zero-order chi connectivity index (χ0) is 23.3. The van der Waals surface area contributed by atoms with Gasteiger partial charge in [-0.05, 0) is 30.0 Å². The summed E-state index contributed by atoms with van der Waals surface area (Å²) >= 11 is 6.53. The van der Waals surface area contributed by atoms with Crippen molar-refractivity contribution in [2.75, 3.05) is 39.9 Å². The molecule has 4 rings (SSSR count). The number of halogens is 1. The van der Waals surface area contributed by atoms with Crippen molar-refractivity contribution in [3.63, 3.8) is 0 Å². The highest BCUT2D eigenvalue weighted by molar-refractivity contribution is 6.31. The van der Waals surface area contributed by atoms with Gasteiger partial charge in [0.2, 0.25) is 0 Å². The molecule has 0 atom stereocenters. The fraction of sp³-hybridized carbons (Fsp3) is 0.385. The van der Waals surface area contributed by atoms with E-state index < -0.39 is 5.54 Å². The van der Waals surface area contributed by atoms with Gasteiger partial charge in [0.1, 0.15) is 5.54 Å². The molecule has 0 aromatic heterocycles. The summed E-state index contributed by atoms with van der Waals surface area (Å²) in [6.07, 6.45) is 3.15. The van der Waals surface area contributed by atoms with Crippen LogP contribution in [0.25, 0.3) is 6.08 Å². The van der Waals surface area contributed by atoms with Gasteiger partial charge in [0.15, 0.2) is 0 Å². The van der Waals surface area contributed by atoms with Gasteiger partial charge in [-0.15, -0.1) is 0 Å². The molecule has 3 amide bonds. The van der Waals surface area contributed by atoms with Crippen molar-refractivity contribution in [2.24, 2.45) is 0 Å². The summed E-state index contributed by atoms with van der Waals surface area (Å²) in [6.45, 7) is 3.04. The molecule has 2 aromatic rings. The van der Waals surface area contributed by atoms with E-state index in [-0.39, 0.29) is 18.5 Å². The lowest BCUT2D eigenvalue weighted by Gasteiger charge is -2.42. The molecule has 33 heavy (non-hydrogen) atoms. The first-order chi connectivity index (χ1) is 16.0. The number of hydrogen-bond donors (Lipinski definition) is 0. The van der Waals surface area contributed by atoms with E-state index >= 15 is 0 Å². The number of carbonyl (C=O) groups excluding carboxylic acids is 2. The summed E-state index contributed by atoms with van der Waals surface area (Å²) in [7, 11) is 1.58. The van der Waals surface area contributed by atoms with E-state index in [1.165, 1.54) is 4.90 Å². The quantitative estimate of drug-likeness (QED) is 0.546. The minimum Gasteiger partial charge on any atom is -0.383 e. The van der Waals surface area contributed by atoms with E-state index in [4.69, 9.17) is 16.3 Å². The minimum absolute atomic E-state index is 0.106. The number of hydrogen-bond acceptors (Lipinski definition) is 4. The molecule has 0 radical (unpaired) electrons. The number of nitrogens with zero attached hydrogens (tertiary/aromatic N) is 3. The Labute approximate surface area is 200 Å². The molecule has 7 heteroatoms. The number of rotatable bonds is 8. The van der Waals surface area contributed by atoms with Crippen molar-refractivity contribution < 1.29 is 14.3 Å². The van der Waals surface area contributed by atoms with Crippen LogP contribution in [0.4, 0.5) is 4.79 Å². The Morgan fingerprint density at radius 1 is 1.03 bits per heavy atom. The second-order valence-corrected chi connectivity index (χ2v) is 9.10. The summed E-state index contributed by atoms with van der Waals surface area (Å²) in [5.41, 5.74) is 1.27. The molecule has 0 aliphatic carbocycles. The van der Waals surface area contributed by atoms with Crippen molar-refractivity contribution in [3.8, 4) is 0 Å². The Bertz CT molecular complexity index is 988. The molecule has 2 fully saturated rings. The average molecular weight is 468 g/mol. The molecular formula is C26H30ClN3O3. The fourth-order valence-electron chi connectivity index (χ4n) is 4.70. The SMILES string of the molecule is COCCN1C(=O)N(Cc2ccccc2)C2(CCN(CC(Cl)=Cc3ccccc3)CC2)C1=O. The third kappa shape index (κ3) is 5.13. The highest BCUT2D eigenvalue weighted by Gasteiger charge is 2.57. The van der Waals surface area contributed by atoms with E-state index in [1.807, 2.05) is 66.7 Å². The van der Waals surface area contributed by atoms with E-state index in [1.54, 1.807) is 12.0 Å². The molecule has 0 N–H and O–H groups in total. The molecule has 0 unspecified atom stereocenters. The lowest BCUT2D eigenvalue weighted by Crippen LogP contribution is -2.56. The number of likely N-dealkylation sites (tertiary alicyclic amines) is 1. The first-order valence-corrected chi connectivity index (χ1v) is 11.7. The molecule has 2 aliphatic rings. The Hall–Kier alpha value is -2.67. The fourth-order valence-corrected chi connectivity index (χ4v) is 5.00. The maximum absolute atomic E-state index is 13.5. The Morgan fingerprint density at radius 3 is 2.30 bits per heavy atom. The van der Waals surface area contributed by atoms with Gasteiger partial charge in [-0.25, -0.2) is 4.79 Å². The number of urea groups is 1. The Kier molecular flexibility index (Phi) is 7.48. The number of piperidine rings is 1. The van der Waals surface area contributed by atoms with Crippen molar-refractivity contribution in [1.29, 1.82) is 0 Å². The number of ether oxygens (including phenoxy) is 1. The van der Waals surface area contributed by atoms with Crippen LogP contribution in [0, 0.1) is 0 Å². The zero-order valence-electron chi connectivity index (χ0n) is 19.0. The predicted molar refractivity (Wildman–Crippen MR) is 130 cm³/mol. The number of methoxy groups -OCH3 is 1. The van der Waals surface area contributed by atoms with Crippen molar-refractivity contribution in [1.82, 2.24) is 14.7 Å². The van der Waals surface area contributed by atoms with Crippen LogP contribution < -0.4 is 0 Å². The summed E-state index contributed by atoms with van der Waals surface area (Å²) in [6, 6.07) is 19.6. The number of imide groups is 1. The van der Waals surface area contributed by atoms with Crippen molar-refractivity contribution in [3.05, 3.63) is 76.8 Å². The minimum atomic E-state index is -0.813. The second kappa shape index (κ2) is 10.5. The number of amides is 3. The van der Waals surface area contributed by atoms with Crippen LogP contribution in [0.1, 0.15) is 24.0 Å². The molecule has 174 valence electrons. The molecule has 1 spiro atoms. The molecule has 2 aromatic carbocycles. The van der Waals surface area contributed by atoms with Crippen LogP contribution in [-0.2, 0) is 16.1 Å². The van der Waals surface area contributed by atoms with Gasteiger partial charge in [-0.3, -0.25) is 14.6 Å². The molecule has 2 heterocycles. The lowest BCUT2D eigenvalue weighted by atomic mass is 9.85. The van der Waals surface area contributed by atoms with E-state index in [0.717, 1.165) is 16.2 Å². The molecular weight excluding hydrogens is 438 g/mol. The molecule has 2 aliphatic heterocycles. The van der Waals surface area contributed by atoms with Crippen LogP contribution in [0.2, 0.25) is 0 Å². The largest absolute Gasteiger partial charge is 0.383 e. The molecule has 6 nitrogen and oxygen atoms in total. The monoisotopic (exact) mass is 467 g/mol. The first-order valence-electron chi connectivity index (χ1n) is 11.3. The van der Waals surface area contributed by atoms with Gasteiger partial charge in [0.05, 0.1) is 13.2 Å². The van der Waals surface area contributed by atoms with Crippen molar-refractivity contribution in [2.45, 2.75) is 24.9 Å². The third-order valence-corrected chi connectivity index (χ3v) is 6.73. The van der Waals surface area contributed by atoms with Crippen LogP contribution in [0.3, 0.4) is 0 Å². The van der Waals surface area contributed by atoms with Crippen LogP contribution in [0.15, 0.2) is 65.7 Å². The lowest BCUT2D eigenvalue weighted by molar-refractivity contribution is -0.136. The Morgan fingerprint density at radius 2 is 1.67 bits per heavy atom. The summed E-state index contributed by atoms with van der Waals surface area (Å²) < 4.78 is 5.15. The summed E-state index contributed by atoms with van der Waals surface area (Å²) in [5.74, 6) is -0.106. The number of carbonyl (C=O) groups is 2. The standard InChI is InChI=1S/C26H30ClN3O3/c1-33-17-16-29-24(31)26(30(25(29)32)19-22-10-6-3-7-11-22)12-14-28(15-13-26)20-23(27)18-21-8-4-2-5-9-21/h2-11,18H,12-17,19-20H2,1H3. The Balaban J connectivity index is 1.49. The van der Waals surface area contributed by atoms with Gasteiger partial charge in [-0.2, -0.15) is 0 Å². The normalized spacial score (nSPS) is 19.0. The maximum Gasteiger partial charge on any atom is 0.328 e. The van der Waals surface area contributed by atoms with Gasteiger partial charge < -0.3 is 9.64 Å². The maximum atomic E-state index is 13.5. The highest BCUT2D eigenvalue weighted by Crippen LogP contribution is 2.38. The van der Waals surface area contributed by atoms with E-state index in [2.05, 4.69) is 4.90 Å². The molecule has 0 bridgehead atoms. The van der Waals surface area contributed by atoms with Gasteiger partial charge >= 0.3 is 6.03 Å². The molecule has 0 saturated carbocycles. The summed E-state index contributed by atoms with van der Waals surface area (Å²) in [4.78, 5) is 32.2. The van der Waals surface area contributed by atoms with Crippen LogP contribution >= 0.6 is 11.6 Å². The molecule has 2 saturated heterocycles. The summed E-state index contributed by atoms with van der Waals surface area (Å²) in [5, 5.41) is 0.758. The highest BCUT2D eigenvalue weighted by atomic mass is 35.5. The van der Waals surface area contributed by atoms with E-state index in [0.29, 0.717) is 45.6 Å². The second-order valence-electron chi connectivity index (χ2n) is 8.61. The zero-order valence-corrected chi connectivity index (χ0v) is 19.7. The number of benzene rings is 2. The first kappa shape index (κ1) is 23.5. The van der Waals surface area contributed by atoms with Gasteiger partial charge in [0.25, 0.3) is 5.91 Å². The predicted octanol–water partition coefficient (Wildman–Crippen LogP) is 4.21. The van der Waals surface area contributed by atoms with Gasteiger partial charge in [0, 0.05) is 38.3 Å². The van der Waals surface area contributed by atoms with E-state index in [9.17, 15) is 9.59 Å².